The van der Waals surface area contributed by atoms with Gasteiger partial charge in [0, 0.05) is 38.8 Å². The van der Waals surface area contributed by atoms with Gasteiger partial charge in [-0.05, 0) is 33.6 Å². The minimum Gasteiger partial charge on any atom is -0.454 e. The van der Waals surface area contributed by atoms with Gasteiger partial charge in [-0.3, -0.25) is 4.79 Å². The van der Waals surface area contributed by atoms with Gasteiger partial charge in [-0.25, -0.2) is 0 Å². The smallest absolute Gasteiger partial charge is 0.231 e. The summed E-state index contributed by atoms with van der Waals surface area (Å²) >= 11 is 5.12. The van der Waals surface area contributed by atoms with Gasteiger partial charge in [0.1, 0.15) is 0 Å². The third-order valence-corrected chi connectivity index (χ3v) is 5.32. The largest absolute Gasteiger partial charge is 0.454 e. The maximum atomic E-state index is 11.9. The molecule has 0 radical (unpaired) electrons. The molecule has 3 heterocycles. The quantitative estimate of drug-likeness (QED) is 0.851. The molecular formula is C14H10BrNO3S. The number of rotatable bonds is 1. The van der Waals surface area contributed by atoms with Crippen molar-refractivity contribution in [2.75, 3.05) is 12.1 Å². The summed E-state index contributed by atoms with van der Waals surface area (Å²) < 4.78 is 11.9. The highest BCUT2D eigenvalue weighted by Gasteiger charge is 2.30. The third-order valence-electron chi connectivity index (χ3n) is 3.51. The van der Waals surface area contributed by atoms with Gasteiger partial charge >= 0.3 is 0 Å². The van der Waals surface area contributed by atoms with Gasteiger partial charge in [0.25, 0.3) is 0 Å². The Kier molecular flexibility index (Phi) is 2.75. The highest BCUT2D eigenvalue weighted by Crippen LogP contribution is 2.46. The average Bonchev–Trinajstić information content (AvgIpc) is 3.03. The van der Waals surface area contributed by atoms with Gasteiger partial charge in [-0.1, -0.05) is 0 Å². The number of fused-ring (bicyclic) bond motifs is 2. The van der Waals surface area contributed by atoms with E-state index in [4.69, 9.17) is 9.47 Å². The number of amides is 1. The van der Waals surface area contributed by atoms with E-state index in [1.165, 1.54) is 4.88 Å². The van der Waals surface area contributed by atoms with Crippen LogP contribution in [0.5, 0.6) is 11.5 Å². The minimum atomic E-state index is 0.0332. The zero-order valence-electron chi connectivity index (χ0n) is 10.3. The van der Waals surface area contributed by atoms with Crippen molar-refractivity contribution in [1.82, 2.24) is 0 Å². The highest BCUT2D eigenvalue weighted by atomic mass is 79.9. The zero-order valence-corrected chi connectivity index (χ0v) is 12.7. The predicted octanol–water partition coefficient (Wildman–Crippen LogP) is 3.71. The van der Waals surface area contributed by atoms with Gasteiger partial charge < -0.3 is 14.8 Å². The van der Waals surface area contributed by atoms with Crippen molar-refractivity contribution in [3.63, 3.8) is 0 Å². The van der Waals surface area contributed by atoms with Crippen LogP contribution in [0.3, 0.4) is 0 Å². The second-order valence-electron chi connectivity index (χ2n) is 4.76. The number of benzene rings is 1. The van der Waals surface area contributed by atoms with Crippen LogP contribution in [0.2, 0.25) is 0 Å². The molecule has 6 heteroatoms. The molecule has 1 N–H and O–H groups in total. The lowest BCUT2D eigenvalue weighted by Crippen LogP contribution is -2.23. The SMILES string of the molecule is O=C1CC(c2cc(Br)cs2)c2cc3c(cc2N1)OCO3. The Balaban J connectivity index is 1.85. The van der Waals surface area contributed by atoms with Gasteiger partial charge in [0.2, 0.25) is 12.7 Å². The summed E-state index contributed by atoms with van der Waals surface area (Å²) in [6.07, 6.45) is 0.458. The number of carbonyl (C=O) groups excluding carboxylic acids is 1. The fourth-order valence-electron chi connectivity index (χ4n) is 2.62. The van der Waals surface area contributed by atoms with E-state index >= 15 is 0 Å². The molecule has 1 amide bonds. The van der Waals surface area contributed by atoms with Gasteiger partial charge in [0.15, 0.2) is 11.5 Å². The number of nitrogens with one attached hydrogen (secondary N) is 1. The Labute approximate surface area is 127 Å². The Morgan fingerprint density at radius 3 is 2.80 bits per heavy atom. The van der Waals surface area contributed by atoms with Crippen LogP contribution in [0.1, 0.15) is 22.8 Å². The summed E-state index contributed by atoms with van der Waals surface area (Å²) in [6.45, 7) is 0.237. The third kappa shape index (κ3) is 1.91. The standard InChI is InChI=1S/C14H10BrNO3S/c15-7-1-13(20-5-7)9-3-14(17)16-10-4-12-11(2-8(9)10)18-6-19-12/h1-2,4-5,9H,3,6H2,(H,16,17). The molecule has 2 aliphatic rings. The molecule has 0 bridgehead atoms. The van der Waals surface area contributed by atoms with Crippen LogP contribution in [-0.2, 0) is 4.79 Å². The van der Waals surface area contributed by atoms with Gasteiger partial charge in [-0.2, -0.15) is 0 Å². The molecule has 1 aromatic heterocycles. The summed E-state index contributed by atoms with van der Waals surface area (Å²) in [5, 5.41) is 4.95. The minimum absolute atomic E-state index is 0.0332. The van der Waals surface area contributed by atoms with E-state index in [9.17, 15) is 4.79 Å². The first-order valence-electron chi connectivity index (χ1n) is 6.18. The Hall–Kier alpha value is -1.53. The van der Waals surface area contributed by atoms with Crippen LogP contribution >= 0.6 is 27.3 Å². The van der Waals surface area contributed by atoms with Crippen molar-refractivity contribution in [2.45, 2.75) is 12.3 Å². The molecule has 20 heavy (non-hydrogen) atoms. The van der Waals surface area contributed by atoms with Crippen molar-refractivity contribution in [1.29, 1.82) is 0 Å². The van der Waals surface area contributed by atoms with E-state index in [2.05, 4.69) is 27.3 Å². The first-order chi connectivity index (χ1) is 9.70. The summed E-state index contributed by atoms with van der Waals surface area (Å²) in [5.41, 5.74) is 1.91. The fourth-order valence-corrected chi connectivity index (χ4v) is 4.18. The van der Waals surface area contributed by atoms with E-state index in [1.807, 2.05) is 17.5 Å². The van der Waals surface area contributed by atoms with Crippen LogP contribution in [-0.4, -0.2) is 12.7 Å². The second kappa shape index (κ2) is 4.49. The van der Waals surface area contributed by atoms with Crippen molar-refractivity contribution in [3.8, 4) is 11.5 Å². The number of thiophene rings is 1. The summed E-state index contributed by atoms with van der Waals surface area (Å²) in [7, 11) is 0. The predicted molar refractivity (Wildman–Crippen MR) is 79.7 cm³/mol. The lowest BCUT2D eigenvalue weighted by molar-refractivity contribution is -0.116. The van der Waals surface area contributed by atoms with Crippen LogP contribution in [0.25, 0.3) is 0 Å². The normalized spacial score (nSPS) is 19.6. The van der Waals surface area contributed by atoms with Crippen LogP contribution in [0.15, 0.2) is 28.1 Å². The monoisotopic (exact) mass is 351 g/mol. The molecule has 1 unspecified atom stereocenters. The van der Waals surface area contributed by atoms with E-state index in [0.29, 0.717) is 12.2 Å². The molecule has 0 aliphatic carbocycles. The number of hydrogen-bond acceptors (Lipinski definition) is 4. The van der Waals surface area contributed by atoms with Crippen molar-refractivity contribution in [2.24, 2.45) is 0 Å². The van der Waals surface area contributed by atoms with Crippen molar-refractivity contribution >= 4 is 38.9 Å². The molecule has 4 nitrogen and oxygen atoms in total. The van der Waals surface area contributed by atoms with Gasteiger partial charge in [0.05, 0.1) is 0 Å². The Bertz CT molecular complexity index is 712. The maximum Gasteiger partial charge on any atom is 0.231 e. The molecule has 4 rings (SSSR count). The van der Waals surface area contributed by atoms with E-state index < -0.39 is 0 Å². The Morgan fingerprint density at radius 2 is 2.05 bits per heavy atom. The number of anilines is 1. The molecule has 0 saturated carbocycles. The molecule has 1 atom stereocenters. The molecule has 102 valence electrons. The number of hydrogen-bond donors (Lipinski definition) is 1. The molecule has 0 spiro atoms. The van der Waals surface area contributed by atoms with E-state index in [-0.39, 0.29) is 18.6 Å². The first kappa shape index (κ1) is 12.2. The van der Waals surface area contributed by atoms with E-state index in [0.717, 1.165) is 21.5 Å². The topological polar surface area (TPSA) is 47.6 Å². The Morgan fingerprint density at radius 1 is 1.25 bits per heavy atom. The van der Waals surface area contributed by atoms with E-state index in [1.54, 1.807) is 11.3 Å². The van der Waals surface area contributed by atoms with Gasteiger partial charge in [-0.15, -0.1) is 11.3 Å². The lowest BCUT2D eigenvalue weighted by Gasteiger charge is -2.25. The van der Waals surface area contributed by atoms with Crippen LogP contribution in [0, 0.1) is 0 Å². The molecule has 0 saturated heterocycles. The maximum absolute atomic E-state index is 11.9. The molecular weight excluding hydrogens is 342 g/mol. The number of carbonyl (C=O) groups is 1. The highest BCUT2D eigenvalue weighted by molar-refractivity contribution is 9.10. The first-order valence-corrected chi connectivity index (χ1v) is 7.85. The fraction of sp³-hybridized carbons (Fsp3) is 0.214. The van der Waals surface area contributed by atoms with Crippen molar-refractivity contribution < 1.29 is 14.3 Å². The summed E-state index contributed by atoms with van der Waals surface area (Å²) in [6, 6.07) is 5.90. The lowest BCUT2D eigenvalue weighted by atomic mass is 9.89. The molecule has 0 fully saturated rings. The van der Waals surface area contributed by atoms with Crippen LogP contribution in [0.4, 0.5) is 5.69 Å². The summed E-state index contributed by atoms with van der Waals surface area (Å²) in [5.74, 6) is 1.55. The zero-order chi connectivity index (χ0) is 13.7. The number of ether oxygens (including phenoxy) is 2. The summed E-state index contributed by atoms with van der Waals surface area (Å²) in [4.78, 5) is 13.1. The molecule has 2 aliphatic heterocycles. The van der Waals surface area contributed by atoms with Crippen molar-refractivity contribution in [3.05, 3.63) is 38.5 Å². The second-order valence-corrected chi connectivity index (χ2v) is 6.62. The molecule has 1 aromatic carbocycles. The number of halogens is 1. The van der Waals surface area contributed by atoms with Crippen LogP contribution < -0.4 is 14.8 Å². The molecule has 2 aromatic rings. The average molecular weight is 352 g/mol.